The van der Waals surface area contributed by atoms with Crippen LogP contribution in [0.3, 0.4) is 0 Å². The first-order valence-electron chi connectivity index (χ1n) is 8.43. The summed E-state index contributed by atoms with van der Waals surface area (Å²) in [5.74, 6) is -0.310. The van der Waals surface area contributed by atoms with Gasteiger partial charge in [0, 0.05) is 17.1 Å². The van der Waals surface area contributed by atoms with Crippen LogP contribution in [-0.2, 0) is 14.4 Å². The summed E-state index contributed by atoms with van der Waals surface area (Å²) in [4.78, 5) is 36.1. The van der Waals surface area contributed by atoms with Gasteiger partial charge >= 0.3 is 0 Å². The van der Waals surface area contributed by atoms with Crippen molar-refractivity contribution in [2.45, 2.75) is 45.1 Å². The standard InChI is InChI=1S/C18H24BrN3O3/c1-12-7-9-18(10-8-12,22-16(24)11-20-13(2)23)17(25)21-15-5-3-14(19)4-6-15/h3-6,12H,7-11H2,1-2H3,(H,20,23)(H,21,25)(H,22,24). The van der Waals surface area contributed by atoms with E-state index < -0.39 is 5.54 Å². The molecule has 1 fully saturated rings. The third-order valence-corrected chi connectivity index (χ3v) is 5.07. The predicted octanol–water partition coefficient (Wildman–Crippen LogP) is 2.59. The van der Waals surface area contributed by atoms with Crippen molar-refractivity contribution in [3.05, 3.63) is 28.7 Å². The quantitative estimate of drug-likeness (QED) is 0.698. The van der Waals surface area contributed by atoms with Crippen molar-refractivity contribution >= 4 is 39.3 Å². The van der Waals surface area contributed by atoms with Crippen LogP contribution >= 0.6 is 15.9 Å². The summed E-state index contributed by atoms with van der Waals surface area (Å²) < 4.78 is 0.926. The molecule has 1 saturated carbocycles. The van der Waals surface area contributed by atoms with Gasteiger partial charge < -0.3 is 16.0 Å². The molecule has 136 valence electrons. The van der Waals surface area contributed by atoms with E-state index in [0.717, 1.165) is 17.3 Å². The fraction of sp³-hybridized carbons (Fsp3) is 0.500. The van der Waals surface area contributed by atoms with Crippen LogP contribution in [-0.4, -0.2) is 29.8 Å². The second kappa shape index (κ2) is 8.47. The number of hydrogen-bond donors (Lipinski definition) is 3. The number of carbonyl (C=O) groups excluding carboxylic acids is 3. The maximum Gasteiger partial charge on any atom is 0.250 e. The molecule has 2 rings (SSSR count). The van der Waals surface area contributed by atoms with Gasteiger partial charge in [-0.05, 0) is 55.9 Å². The van der Waals surface area contributed by atoms with Crippen LogP contribution in [0, 0.1) is 5.92 Å². The van der Waals surface area contributed by atoms with Crippen LogP contribution in [0.25, 0.3) is 0 Å². The monoisotopic (exact) mass is 409 g/mol. The highest BCUT2D eigenvalue weighted by Gasteiger charge is 2.42. The number of anilines is 1. The van der Waals surface area contributed by atoms with Crippen molar-refractivity contribution in [1.29, 1.82) is 0 Å². The minimum Gasteiger partial charge on any atom is -0.347 e. The number of benzene rings is 1. The Bertz CT molecular complexity index is 637. The third kappa shape index (κ3) is 5.56. The van der Waals surface area contributed by atoms with Crippen molar-refractivity contribution in [3.8, 4) is 0 Å². The molecule has 7 heteroatoms. The van der Waals surface area contributed by atoms with Crippen LogP contribution in [0.5, 0.6) is 0 Å². The lowest BCUT2D eigenvalue weighted by Crippen LogP contribution is -2.59. The maximum absolute atomic E-state index is 12.9. The molecular formula is C18H24BrN3O3. The van der Waals surface area contributed by atoms with Crippen molar-refractivity contribution < 1.29 is 14.4 Å². The lowest BCUT2D eigenvalue weighted by molar-refractivity contribution is -0.132. The summed E-state index contributed by atoms with van der Waals surface area (Å²) in [6.45, 7) is 3.37. The number of carbonyl (C=O) groups is 3. The van der Waals surface area contributed by atoms with Gasteiger partial charge in [-0.15, -0.1) is 0 Å². The average molecular weight is 410 g/mol. The van der Waals surface area contributed by atoms with E-state index in [2.05, 4.69) is 38.8 Å². The molecule has 0 bridgehead atoms. The minimum atomic E-state index is -0.935. The van der Waals surface area contributed by atoms with E-state index in [1.807, 2.05) is 12.1 Å². The minimum absolute atomic E-state index is 0.127. The number of halogens is 1. The first-order chi connectivity index (χ1) is 11.8. The van der Waals surface area contributed by atoms with Gasteiger partial charge in [-0.3, -0.25) is 14.4 Å². The van der Waals surface area contributed by atoms with Crippen LogP contribution in [0.15, 0.2) is 28.7 Å². The summed E-state index contributed by atoms with van der Waals surface area (Å²) in [6.07, 6.45) is 2.91. The van der Waals surface area contributed by atoms with E-state index in [1.165, 1.54) is 6.92 Å². The molecule has 0 unspecified atom stereocenters. The van der Waals surface area contributed by atoms with E-state index in [1.54, 1.807) is 12.1 Å². The van der Waals surface area contributed by atoms with Crippen LogP contribution in [0.1, 0.15) is 39.5 Å². The normalized spacial score (nSPS) is 22.8. The Morgan fingerprint density at radius 1 is 1.16 bits per heavy atom. The molecule has 0 heterocycles. The van der Waals surface area contributed by atoms with Gasteiger partial charge in [-0.25, -0.2) is 0 Å². The van der Waals surface area contributed by atoms with Crippen LogP contribution in [0.4, 0.5) is 5.69 Å². The third-order valence-electron chi connectivity index (χ3n) is 4.54. The molecular weight excluding hydrogens is 386 g/mol. The van der Waals surface area contributed by atoms with Crippen LogP contribution < -0.4 is 16.0 Å². The predicted molar refractivity (Wildman–Crippen MR) is 100.0 cm³/mol. The van der Waals surface area contributed by atoms with E-state index in [4.69, 9.17) is 0 Å². The van der Waals surface area contributed by atoms with Crippen molar-refractivity contribution in [1.82, 2.24) is 10.6 Å². The molecule has 1 aliphatic carbocycles. The Morgan fingerprint density at radius 3 is 2.32 bits per heavy atom. The van der Waals surface area contributed by atoms with Gasteiger partial charge in [0.05, 0.1) is 6.54 Å². The molecule has 0 atom stereocenters. The molecule has 6 nitrogen and oxygen atoms in total. The summed E-state index contributed by atoms with van der Waals surface area (Å²) in [5.41, 5.74) is -0.253. The molecule has 0 saturated heterocycles. The van der Waals surface area contributed by atoms with Gasteiger partial charge in [-0.1, -0.05) is 22.9 Å². The molecule has 1 aromatic carbocycles. The van der Waals surface area contributed by atoms with E-state index in [9.17, 15) is 14.4 Å². The number of amides is 3. The topological polar surface area (TPSA) is 87.3 Å². The van der Waals surface area contributed by atoms with Gasteiger partial charge in [0.25, 0.3) is 0 Å². The van der Waals surface area contributed by atoms with Gasteiger partial charge in [0.1, 0.15) is 5.54 Å². The highest BCUT2D eigenvalue weighted by atomic mass is 79.9. The van der Waals surface area contributed by atoms with Crippen molar-refractivity contribution in [2.75, 3.05) is 11.9 Å². The van der Waals surface area contributed by atoms with Crippen LogP contribution in [0.2, 0.25) is 0 Å². The molecule has 1 aliphatic rings. The largest absolute Gasteiger partial charge is 0.347 e. The van der Waals surface area contributed by atoms with E-state index in [0.29, 0.717) is 24.4 Å². The second-order valence-electron chi connectivity index (χ2n) is 6.68. The Morgan fingerprint density at radius 2 is 1.76 bits per heavy atom. The average Bonchev–Trinajstić information content (AvgIpc) is 2.57. The Labute approximate surface area is 156 Å². The number of nitrogens with one attached hydrogen (secondary N) is 3. The highest BCUT2D eigenvalue weighted by Crippen LogP contribution is 2.33. The zero-order valence-electron chi connectivity index (χ0n) is 14.5. The lowest BCUT2D eigenvalue weighted by Gasteiger charge is -2.38. The molecule has 0 radical (unpaired) electrons. The van der Waals surface area contributed by atoms with Gasteiger partial charge in [-0.2, -0.15) is 0 Å². The number of rotatable bonds is 5. The highest BCUT2D eigenvalue weighted by molar-refractivity contribution is 9.10. The molecule has 0 aliphatic heterocycles. The SMILES string of the molecule is CC(=O)NCC(=O)NC1(C(=O)Nc2ccc(Br)cc2)CCC(C)CC1. The Balaban J connectivity index is 2.10. The van der Waals surface area contributed by atoms with E-state index >= 15 is 0 Å². The zero-order valence-corrected chi connectivity index (χ0v) is 16.1. The summed E-state index contributed by atoms with van der Waals surface area (Å²) >= 11 is 3.36. The smallest absolute Gasteiger partial charge is 0.250 e. The first-order valence-corrected chi connectivity index (χ1v) is 9.22. The summed E-state index contributed by atoms with van der Waals surface area (Å²) in [7, 11) is 0. The molecule has 1 aromatic rings. The molecule has 0 aromatic heterocycles. The van der Waals surface area contributed by atoms with Gasteiger partial charge in [0.15, 0.2) is 0 Å². The Hall–Kier alpha value is -1.89. The molecule has 0 spiro atoms. The molecule has 25 heavy (non-hydrogen) atoms. The Kier molecular flexibility index (Phi) is 6.58. The molecule has 3 N–H and O–H groups in total. The zero-order chi connectivity index (χ0) is 18.4. The fourth-order valence-corrected chi connectivity index (χ4v) is 3.23. The van der Waals surface area contributed by atoms with Crippen molar-refractivity contribution in [3.63, 3.8) is 0 Å². The lowest BCUT2D eigenvalue weighted by atomic mass is 9.76. The van der Waals surface area contributed by atoms with Crippen molar-refractivity contribution in [2.24, 2.45) is 5.92 Å². The van der Waals surface area contributed by atoms with Gasteiger partial charge in [0.2, 0.25) is 17.7 Å². The maximum atomic E-state index is 12.9. The number of hydrogen-bond acceptors (Lipinski definition) is 3. The van der Waals surface area contributed by atoms with E-state index in [-0.39, 0.29) is 24.3 Å². The summed E-state index contributed by atoms with van der Waals surface area (Å²) in [6, 6.07) is 7.31. The summed E-state index contributed by atoms with van der Waals surface area (Å²) in [5, 5.41) is 8.24. The first kappa shape index (κ1) is 19.4. The molecule has 3 amide bonds. The second-order valence-corrected chi connectivity index (χ2v) is 7.60. The fourth-order valence-electron chi connectivity index (χ4n) is 2.96.